The van der Waals surface area contributed by atoms with Gasteiger partial charge in [0.1, 0.15) is 0 Å². The van der Waals surface area contributed by atoms with Crippen molar-refractivity contribution in [1.82, 2.24) is 9.88 Å². The number of aromatic nitrogens is 1. The summed E-state index contributed by atoms with van der Waals surface area (Å²) >= 11 is 0. The third kappa shape index (κ3) is 2.68. The molecule has 1 aliphatic rings. The molecule has 1 aromatic heterocycles. The normalized spacial score (nSPS) is 17.6. The summed E-state index contributed by atoms with van der Waals surface area (Å²) in [6.07, 6.45) is 7.78. The van der Waals surface area contributed by atoms with Gasteiger partial charge in [-0.3, -0.25) is 0 Å². The predicted octanol–water partition coefficient (Wildman–Crippen LogP) is 3.28. The second-order valence-corrected chi connectivity index (χ2v) is 5.58. The Kier molecular flexibility index (Phi) is 3.97. The van der Waals surface area contributed by atoms with Crippen molar-refractivity contribution in [2.75, 3.05) is 14.2 Å². The minimum absolute atomic E-state index is 0.267. The molecule has 0 saturated heterocycles. The number of hydrogen-bond acceptors (Lipinski definition) is 2. The number of nitrogens with zero attached hydrogens (tertiary/aromatic N) is 1. The van der Waals surface area contributed by atoms with Crippen molar-refractivity contribution in [3.8, 4) is 5.75 Å². The van der Waals surface area contributed by atoms with Crippen LogP contribution in [-0.4, -0.2) is 18.7 Å². The van der Waals surface area contributed by atoms with Gasteiger partial charge in [-0.25, -0.2) is 4.39 Å². The van der Waals surface area contributed by atoms with E-state index in [1.54, 1.807) is 6.07 Å². The summed E-state index contributed by atoms with van der Waals surface area (Å²) in [5.41, 5.74) is 3.39. The fourth-order valence-corrected chi connectivity index (χ4v) is 3.17. The van der Waals surface area contributed by atoms with Gasteiger partial charge in [0.15, 0.2) is 11.6 Å². The Morgan fingerprint density at radius 2 is 2.24 bits per heavy atom. The molecule has 21 heavy (non-hydrogen) atoms. The lowest BCUT2D eigenvalue weighted by molar-refractivity contribution is 0.383. The molecule has 0 saturated carbocycles. The van der Waals surface area contributed by atoms with Gasteiger partial charge in [0.2, 0.25) is 0 Å². The Morgan fingerprint density at radius 3 is 3.00 bits per heavy atom. The Morgan fingerprint density at radius 1 is 1.38 bits per heavy atom. The number of nitrogens with one attached hydrogen (secondary N) is 1. The number of fused-ring (bicyclic) bond motifs is 1. The van der Waals surface area contributed by atoms with Gasteiger partial charge in [-0.2, -0.15) is 0 Å². The smallest absolute Gasteiger partial charge is 0.170 e. The van der Waals surface area contributed by atoms with E-state index in [-0.39, 0.29) is 5.82 Å². The summed E-state index contributed by atoms with van der Waals surface area (Å²) in [5.74, 6) is 0.0364. The molecule has 3 rings (SSSR count). The van der Waals surface area contributed by atoms with Crippen LogP contribution in [0, 0.1) is 5.82 Å². The van der Waals surface area contributed by atoms with E-state index in [1.807, 2.05) is 19.2 Å². The van der Waals surface area contributed by atoms with Gasteiger partial charge < -0.3 is 14.6 Å². The summed E-state index contributed by atoms with van der Waals surface area (Å²) in [4.78, 5) is 0. The van der Waals surface area contributed by atoms with E-state index < -0.39 is 0 Å². The molecule has 0 fully saturated rings. The first kappa shape index (κ1) is 14.1. The monoisotopic (exact) mass is 288 g/mol. The number of aryl methyl sites for hydroxylation is 1. The highest BCUT2D eigenvalue weighted by molar-refractivity contribution is 5.34. The fourth-order valence-electron chi connectivity index (χ4n) is 3.17. The van der Waals surface area contributed by atoms with Crippen molar-refractivity contribution < 1.29 is 9.13 Å². The number of hydrogen-bond donors (Lipinski definition) is 1. The van der Waals surface area contributed by atoms with Crippen LogP contribution in [0.4, 0.5) is 4.39 Å². The van der Waals surface area contributed by atoms with E-state index in [0.717, 1.165) is 6.42 Å². The minimum Gasteiger partial charge on any atom is -0.494 e. The first-order valence-corrected chi connectivity index (χ1v) is 7.40. The molecule has 112 valence electrons. The second-order valence-electron chi connectivity index (χ2n) is 5.58. The zero-order valence-electron chi connectivity index (χ0n) is 12.5. The Hall–Kier alpha value is -1.81. The molecule has 1 N–H and O–H groups in total. The molecule has 1 aromatic carbocycles. The Bertz CT molecular complexity index is 636. The van der Waals surface area contributed by atoms with Crippen LogP contribution in [0.1, 0.15) is 35.6 Å². The van der Waals surface area contributed by atoms with Crippen LogP contribution in [0.15, 0.2) is 30.6 Å². The molecule has 3 nitrogen and oxygen atoms in total. The number of benzene rings is 1. The first-order chi connectivity index (χ1) is 10.2. The molecule has 0 spiro atoms. The largest absolute Gasteiger partial charge is 0.494 e. The van der Waals surface area contributed by atoms with Crippen LogP contribution in [0.5, 0.6) is 5.75 Å². The SMILES string of the molecule is CNC1CCCc2cn(Cc3cccc(OC)c3F)cc21. The molecule has 1 heterocycles. The maximum absolute atomic E-state index is 14.2. The van der Waals surface area contributed by atoms with Gasteiger partial charge in [-0.1, -0.05) is 12.1 Å². The van der Waals surface area contributed by atoms with Crippen LogP contribution < -0.4 is 10.1 Å². The third-order valence-corrected chi connectivity index (χ3v) is 4.28. The lowest BCUT2D eigenvalue weighted by atomic mass is 9.91. The van der Waals surface area contributed by atoms with Gasteiger partial charge in [0, 0.05) is 24.0 Å². The van der Waals surface area contributed by atoms with Crippen molar-refractivity contribution in [3.63, 3.8) is 0 Å². The number of ether oxygens (including phenoxy) is 1. The Labute approximate surface area is 124 Å². The molecular formula is C17H21FN2O. The van der Waals surface area contributed by atoms with Gasteiger partial charge in [-0.15, -0.1) is 0 Å². The van der Waals surface area contributed by atoms with E-state index in [4.69, 9.17) is 4.74 Å². The van der Waals surface area contributed by atoms with Gasteiger partial charge in [0.05, 0.1) is 13.7 Å². The third-order valence-electron chi connectivity index (χ3n) is 4.28. The molecule has 2 aromatic rings. The predicted molar refractivity (Wildman–Crippen MR) is 81.2 cm³/mol. The van der Waals surface area contributed by atoms with E-state index in [1.165, 1.54) is 31.1 Å². The molecule has 0 amide bonds. The lowest BCUT2D eigenvalue weighted by Gasteiger charge is -2.21. The average Bonchev–Trinajstić information content (AvgIpc) is 2.91. The van der Waals surface area contributed by atoms with Crippen molar-refractivity contribution in [2.45, 2.75) is 31.8 Å². The van der Waals surface area contributed by atoms with Crippen LogP contribution in [0.3, 0.4) is 0 Å². The maximum Gasteiger partial charge on any atom is 0.170 e. The van der Waals surface area contributed by atoms with Crippen molar-refractivity contribution in [2.24, 2.45) is 0 Å². The van der Waals surface area contributed by atoms with E-state index in [2.05, 4.69) is 22.3 Å². The summed E-state index contributed by atoms with van der Waals surface area (Å²) < 4.78 is 21.4. The van der Waals surface area contributed by atoms with Crippen LogP contribution in [-0.2, 0) is 13.0 Å². The summed E-state index contributed by atoms with van der Waals surface area (Å²) in [7, 11) is 3.49. The van der Waals surface area contributed by atoms with Crippen LogP contribution in [0.2, 0.25) is 0 Å². The highest BCUT2D eigenvalue weighted by Gasteiger charge is 2.21. The highest BCUT2D eigenvalue weighted by Crippen LogP contribution is 2.30. The highest BCUT2D eigenvalue weighted by atomic mass is 19.1. The molecule has 1 atom stereocenters. The quantitative estimate of drug-likeness (QED) is 0.934. The molecular weight excluding hydrogens is 267 g/mol. The average molecular weight is 288 g/mol. The van der Waals surface area contributed by atoms with Gasteiger partial charge in [-0.05, 0) is 43.5 Å². The molecule has 0 bridgehead atoms. The molecule has 1 unspecified atom stereocenters. The van der Waals surface area contributed by atoms with Crippen LogP contribution >= 0.6 is 0 Å². The Balaban J connectivity index is 1.88. The van der Waals surface area contributed by atoms with Gasteiger partial charge in [0.25, 0.3) is 0 Å². The molecule has 1 aliphatic carbocycles. The second kappa shape index (κ2) is 5.90. The van der Waals surface area contributed by atoms with Gasteiger partial charge >= 0.3 is 0 Å². The van der Waals surface area contributed by atoms with E-state index in [9.17, 15) is 4.39 Å². The van der Waals surface area contributed by atoms with Crippen molar-refractivity contribution >= 4 is 0 Å². The van der Waals surface area contributed by atoms with Crippen molar-refractivity contribution in [3.05, 3.63) is 53.1 Å². The summed E-state index contributed by atoms with van der Waals surface area (Å²) in [6, 6.07) is 5.71. The fraction of sp³-hybridized carbons (Fsp3) is 0.412. The zero-order chi connectivity index (χ0) is 14.8. The number of rotatable bonds is 4. The summed E-state index contributed by atoms with van der Waals surface area (Å²) in [6.45, 7) is 0.534. The van der Waals surface area contributed by atoms with E-state index >= 15 is 0 Å². The topological polar surface area (TPSA) is 26.2 Å². The standard InChI is InChI=1S/C17H21FN2O/c1-19-15-7-3-5-12-9-20(11-14(12)15)10-13-6-4-8-16(21-2)17(13)18/h4,6,8-9,11,15,19H,3,5,7,10H2,1-2H3. The molecule has 0 aliphatic heterocycles. The number of halogens is 1. The summed E-state index contributed by atoms with van der Waals surface area (Å²) in [5, 5.41) is 3.36. The minimum atomic E-state index is -0.267. The first-order valence-electron chi connectivity index (χ1n) is 7.40. The lowest BCUT2D eigenvalue weighted by Crippen LogP contribution is -2.20. The van der Waals surface area contributed by atoms with Crippen molar-refractivity contribution in [1.29, 1.82) is 0 Å². The molecule has 0 radical (unpaired) electrons. The maximum atomic E-state index is 14.2. The molecule has 4 heteroatoms. The van der Waals surface area contributed by atoms with E-state index in [0.29, 0.717) is 23.9 Å². The zero-order valence-corrected chi connectivity index (χ0v) is 12.5. The number of methoxy groups -OCH3 is 1. The van der Waals surface area contributed by atoms with Crippen LogP contribution in [0.25, 0.3) is 0 Å².